The molecule has 3 nitrogen and oxygen atoms in total. The normalized spacial score (nSPS) is 11.2. The molecule has 0 saturated heterocycles. The average molecular weight is 269 g/mol. The van der Waals surface area contributed by atoms with E-state index in [1.54, 1.807) is 18.2 Å². The Morgan fingerprint density at radius 1 is 1.05 bits per heavy atom. The first-order chi connectivity index (χ1) is 8.98. The van der Waals surface area contributed by atoms with Gasteiger partial charge in [-0.3, -0.25) is 4.98 Å². The van der Waals surface area contributed by atoms with E-state index in [4.69, 9.17) is 4.74 Å². The number of nitrogens with zero attached hydrogens (tertiary/aromatic N) is 1. The molecule has 0 N–H and O–H groups in total. The van der Waals surface area contributed by atoms with Gasteiger partial charge in [-0.2, -0.15) is 0 Å². The highest BCUT2D eigenvalue weighted by molar-refractivity contribution is 5.62. The molecular formula is C13H10F3NO2. The maximum absolute atomic E-state index is 12.1. The minimum absolute atomic E-state index is 0.283. The minimum Gasteiger partial charge on any atom is -0.497 e. The number of ether oxygens (including phenoxy) is 2. The lowest BCUT2D eigenvalue weighted by atomic mass is 10.1. The molecule has 100 valence electrons. The molecule has 19 heavy (non-hydrogen) atoms. The molecule has 1 aromatic heterocycles. The fourth-order valence-corrected chi connectivity index (χ4v) is 1.55. The van der Waals surface area contributed by atoms with Crippen LogP contribution in [-0.4, -0.2) is 18.5 Å². The number of methoxy groups -OCH3 is 1. The highest BCUT2D eigenvalue weighted by Crippen LogP contribution is 2.28. The largest absolute Gasteiger partial charge is 0.573 e. The molecule has 0 aliphatic heterocycles. The first kappa shape index (κ1) is 13.2. The average Bonchev–Trinajstić information content (AvgIpc) is 2.37. The van der Waals surface area contributed by atoms with Crippen LogP contribution in [0.15, 0.2) is 42.6 Å². The second kappa shape index (κ2) is 5.17. The van der Waals surface area contributed by atoms with Crippen LogP contribution in [0.2, 0.25) is 0 Å². The van der Waals surface area contributed by atoms with Crippen LogP contribution < -0.4 is 9.47 Å². The lowest BCUT2D eigenvalue weighted by Crippen LogP contribution is -2.17. The summed E-state index contributed by atoms with van der Waals surface area (Å²) in [6, 6.07) is 8.90. The van der Waals surface area contributed by atoms with Crippen LogP contribution >= 0.6 is 0 Å². The van der Waals surface area contributed by atoms with Crippen LogP contribution in [0.4, 0.5) is 13.2 Å². The van der Waals surface area contributed by atoms with Gasteiger partial charge in [0, 0.05) is 17.8 Å². The summed E-state index contributed by atoms with van der Waals surface area (Å²) in [6.45, 7) is 0. The SMILES string of the molecule is COc1ccnc(-c2cccc(OC(F)(F)F)c2)c1. The standard InChI is InChI=1S/C13H10F3NO2/c1-18-10-5-6-17-12(8-10)9-3-2-4-11(7-9)19-13(14,15)16/h2-8H,1H3. The molecule has 0 saturated carbocycles. The van der Waals surface area contributed by atoms with Gasteiger partial charge < -0.3 is 9.47 Å². The molecule has 0 fully saturated rings. The van der Waals surface area contributed by atoms with E-state index in [1.165, 1.54) is 31.5 Å². The molecule has 1 heterocycles. The third-order valence-corrected chi connectivity index (χ3v) is 2.33. The quantitative estimate of drug-likeness (QED) is 0.852. The third kappa shape index (κ3) is 3.61. The third-order valence-electron chi connectivity index (χ3n) is 2.33. The molecule has 0 unspecified atom stereocenters. The predicted molar refractivity (Wildman–Crippen MR) is 62.9 cm³/mol. The van der Waals surface area contributed by atoms with E-state index < -0.39 is 6.36 Å². The van der Waals surface area contributed by atoms with E-state index in [2.05, 4.69) is 9.72 Å². The van der Waals surface area contributed by atoms with E-state index in [1.807, 2.05) is 0 Å². The number of benzene rings is 1. The minimum atomic E-state index is -4.71. The van der Waals surface area contributed by atoms with Crippen molar-refractivity contribution in [2.45, 2.75) is 6.36 Å². The molecule has 0 atom stereocenters. The van der Waals surface area contributed by atoms with Gasteiger partial charge in [0.2, 0.25) is 0 Å². The second-order valence-electron chi connectivity index (χ2n) is 3.66. The molecule has 2 aromatic rings. The second-order valence-corrected chi connectivity index (χ2v) is 3.66. The van der Waals surface area contributed by atoms with Gasteiger partial charge in [-0.25, -0.2) is 0 Å². The number of hydrogen-bond acceptors (Lipinski definition) is 3. The van der Waals surface area contributed by atoms with Crippen molar-refractivity contribution < 1.29 is 22.6 Å². The van der Waals surface area contributed by atoms with Crippen LogP contribution in [-0.2, 0) is 0 Å². The first-order valence-corrected chi connectivity index (χ1v) is 5.34. The summed E-state index contributed by atoms with van der Waals surface area (Å²) < 4.78 is 45.3. The molecule has 0 aliphatic carbocycles. The van der Waals surface area contributed by atoms with Crippen molar-refractivity contribution in [3.8, 4) is 22.8 Å². The smallest absolute Gasteiger partial charge is 0.497 e. The summed E-state index contributed by atoms with van der Waals surface area (Å²) in [5.41, 5.74) is 1.02. The van der Waals surface area contributed by atoms with Gasteiger partial charge in [0.25, 0.3) is 0 Å². The predicted octanol–water partition coefficient (Wildman–Crippen LogP) is 3.66. The van der Waals surface area contributed by atoms with Gasteiger partial charge >= 0.3 is 6.36 Å². The first-order valence-electron chi connectivity index (χ1n) is 5.34. The van der Waals surface area contributed by atoms with Crippen LogP contribution in [0.5, 0.6) is 11.5 Å². The molecular weight excluding hydrogens is 259 g/mol. The molecule has 0 radical (unpaired) electrons. The van der Waals surface area contributed by atoms with Crippen LogP contribution in [0.1, 0.15) is 0 Å². The van der Waals surface area contributed by atoms with Crippen LogP contribution in [0, 0.1) is 0 Å². The zero-order chi connectivity index (χ0) is 13.9. The van der Waals surface area contributed by atoms with Crippen LogP contribution in [0.3, 0.4) is 0 Å². The maximum atomic E-state index is 12.1. The highest BCUT2D eigenvalue weighted by Gasteiger charge is 2.31. The van der Waals surface area contributed by atoms with Gasteiger partial charge in [0.1, 0.15) is 11.5 Å². The summed E-state index contributed by atoms with van der Waals surface area (Å²) in [5.74, 6) is 0.293. The summed E-state index contributed by atoms with van der Waals surface area (Å²) in [4.78, 5) is 4.08. The summed E-state index contributed by atoms with van der Waals surface area (Å²) in [6.07, 6.45) is -3.19. The number of aromatic nitrogens is 1. The van der Waals surface area contributed by atoms with Crippen molar-refractivity contribution in [1.82, 2.24) is 4.98 Å². The van der Waals surface area contributed by atoms with Gasteiger partial charge in [-0.15, -0.1) is 13.2 Å². The Balaban J connectivity index is 2.32. The highest BCUT2D eigenvalue weighted by atomic mass is 19.4. The van der Waals surface area contributed by atoms with Gasteiger partial charge in [-0.1, -0.05) is 12.1 Å². The fourth-order valence-electron chi connectivity index (χ4n) is 1.55. The summed E-state index contributed by atoms with van der Waals surface area (Å²) in [7, 11) is 1.50. The van der Waals surface area contributed by atoms with E-state index in [0.717, 1.165) is 0 Å². The monoisotopic (exact) mass is 269 g/mol. The number of pyridine rings is 1. The Kier molecular flexibility index (Phi) is 3.59. The molecule has 1 aromatic carbocycles. The molecule has 2 rings (SSSR count). The molecule has 6 heteroatoms. The topological polar surface area (TPSA) is 31.4 Å². The van der Waals surface area contributed by atoms with Crippen molar-refractivity contribution in [3.05, 3.63) is 42.6 Å². The van der Waals surface area contributed by atoms with E-state index >= 15 is 0 Å². The Morgan fingerprint density at radius 2 is 1.84 bits per heavy atom. The van der Waals surface area contributed by atoms with Gasteiger partial charge in [0.15, 0.2) is 0 Å². The fraction of sp³-hybridized carbons (Fsp3) is 0.154. The Bertz CT molecular complexity index is 570. The van der Waals surface area contributed by atoms with Gasteiger partial charge in [0.05, 0.1) is 12.8 Å². The van der Waals surface area contributed by atoms with E-state index in [0.29, 0.717) is 17.0 Å². The lowest BCUT2D eigenvalue weighted by Gasteiger charge is -2.10. The van der Waals surface area contributed by atoms with E-state index in [9.17, 15) is 13.2 Å². The van der Waals surface area contributed by atoms with Crippen molar-refractivity contribution in [1.29, 1.82) is 0 Å². The van der Waals surface area contributed by atoms with Crippen LogP contribution in [0.25, 0.3) is 11.3 Å². The van der Waals surface area contributed by atoms with Gasteiger partial charge in [-0.05, 0) is 18.2 Å². The Hall–Kier alpha value is -2.24. The maximum Gasteiger partial charge on any atom is 0.573 e. The molecule has 0 aliphatic rings. The lowest BCUT2D eigenvalue weighted by molar-refractivity contribution is -0.274. The zero-order valence-corrected chi connectivity index (χ0v) is 9.94. The zero-order valence-electron chi connectivity index (χ0n) is 9.94. The number of alkyl halides is 3. The van der Waals surface area contributed by atoms with Crippen molar-refractivity contribution in [2.75, 3.05) is 7.11 Å². The summed E-state index contributed by atoms with van der Waals surface area (Å²) >= 11 is 0. The number of rotatable bonds is 3. The Morgan fingerprint density at radius 3 is 2.53 bits per heavy atom. The van der Waals surface area contributed by atoms with Crippen molar-refractivity contribution >= 4 is 0 Å². The molecule has 0 spiro atoms. The number of halogens is 3. The van der Waals surface area contributed by atoms with Crippen molar-refractivity contribution in [3.63, 3.8) is 0 Å². The molecule has 0 amide bonds. The summed E-state index contributed by atoms with van der Waals surface area (Å²) in [5, 5.41) is 0. The van der Waals surface area contributed by atoms with E-state index in [-0.39, 0.29) is 5.75 Å². The number of hydrogen-bond donors (Lipinski definition) is 0. The van der Waals surface area contributed by atoms with Crippen molar-refractivity contribution in [2.24, 2.45) is 0 Å². The molecule has 0 bridgehead atoms. The Labute approximate surface area is 107 Å².